The monoisotopic (exact) mass is 2120 g/mol. The number of anilines is 6. The molecule has 26 nitrogen and oxygen atoms in total. The smallest absolute Gasteiger partial charge is 0.870 e. The number of nitrogen functional groups attached to an aromatic ring is 1. The number of carboxylic acid groups (broad SMARTS) is 1. The van der Waals surface area contributed by atoms with E-state index in [1.807, 2.05) is 0 Å². The minimum atomic E-state index is -4.67. The molecule has 3 aliphatic carbocycles. The SMILES string of the molecule is CCN(C(C)C)C(C)C.COC(=O)C1CC(COc2cc(N)cc(OC)c2)C1.COC(=O)C1CC(COc2cc(NC(C(=O)N3CCc4cc(OC)c(C(F)(F)F)cc43)c3ccc(Cl)cc3)cc(OC)c2)C1.COc1cc(NC(C(=O)N2CCc3cc(OC)c(C(F)(F)F)cc32)c2ccc(Cl)cc2)cc(OCC2CC(C(=O)O)C2)c1.COc1cc2c(cc1C(F)(F)F)N(C(=O)C(Br)c1ccc(Cl)cc1)CC2.[Li+].[OH-]. The molecule has 0 radical (unpaired) electrons. The van der Waals surface area contributed by atoms with Crippen LogP contribution in [0.4, 0.5) is 73.6 Å². The van der Waals surface area contributed by atoms with Gasteiger partial charge in [0.05, 0.1) is 111 Å². The predicted octanol–water partition coefficient (Wildman–Crippen LogP) is 19.5. The van der Waals surface area contributed by atoms with E-state index in [2.05, 4.69) is 66.1 Å². The number of aliphatic carboxylic acids is 1. The van der Waals surface area contributed by atoms with Gasteiger partial charge in [-0.15, -0.1) is 0 Å². The first-order valence-corrected chi connectivity index (χ1v) is 47.5. The number of halogens is 13. The number of hydrogen-bond acceptors (Lipinski definition) is 22. The van der Waals surface area contributed by atoms with Crippen molar-refractivity contribution in [1.82, 2.24) is 4.90 Å². The summed E-state index contributed by atoms with van der Waals surface area (Å²) in [6, 6.07) is 41.8. The Hall–Kier alpha value is -11.4. The van der Waals surface area contributed by atoms with Crippen LogP contribution in [0.15, 0.2) is 164 Å². The third kappa shape index (κ3) is 30.0. The number of benzene rings is 9. The van der Waals surface area contributed by atoms with Crippen LogP contribution in [-0.2, 0) is 76.0 Å². The van der Waals surface area contributed by atoms with Gasteiger partial charge in [0.25, 0.3) is 11.8 Å². The first-order chi connectivity index (χ1) is 66.9. The Kier molecular flexibility index (Phi) is 41.4. The van der Waals surface area contributed by atoms with Crippen LogP contribution in [0, 0.1) is 35.5 Å². The second kappa shape index (κ2) is 51.4. The number of ether oxygens (including phenoxy) is 11. The summed E-state index contributed by atoms with van der Waals surface area (Å²) in [4.78, 5) is 81.0. The Morgan fingerprint density at radius 1 is 0.427 bits per heavy atom. The summed E-state index contributed by atoms with van der Waals surface area (Å²) in [6.07, 6.45) is -8.62. The fourth-order valence-corrected chi connectivity index (χ4v) is 18.5. The summed E-state index contributed by atoms with van der Waals surface area (Å²) >= 11 is 21.4. The summed E-state index contributed by atoms with van der Waals surface area (Å²) in [5, 5.41) is 17.1. The number of carbonyl (C=O) groups is 6. The average molecular weight is 2120 g/mol. The van der Waals surface area contributed by atoms with E-state index in [4.69, 9.17) is 97.7 Å². The van der Waals surface area contributed by atoms with Crippen molar-refractivity contribution < 1.29 is 150 Å². The molecule has 3 atom stereocenters. The molecular weight excluding hydrogens is 2000 g/mol. The van der Waals surface area contributed by atoms with E-state index in [0.717, 1.165) is 37.6 Å². The van der Waals surface area contributed by atoms with E-state index in [0.29, 0.717) is 189 Å². The van der Waals surface area contributed by atoms with Gasteiger partial charge in [0.15, 0.2) is 0 Å². The molecule has 15 rings (SSSR count). The van der Waals surface area contributed by atoms with Gasteiger partial charge in [0, 0.05) is 136 Å². The maximum absolute atomic E-state index is 14.1. The molecule has 40 heteroatoms. The summed E-state index contributed by atoms with van der Waals surface area (Å²) in [6.45, 7) is 14.3. The number of fused-ring (bicyclic) bond motifs is 3. The van der Waals surface area contributed by atoms with Crippen LogP contribution in [-0.4, -0.2) is 166 Å². The Morgan fingerprint density at radius 2 is 0.713 bits per heavy atom. The summed E-state index contributed by atoms with van der Waals surface area (Å²) < 4.78 is 181. The van der Waals surface area contributed by atoms with Crippen LogP contribution in [0.25, 0.3) is 0 Å². The van der Waals surface area contributed by atoms with Crippen LogP contribution in [0.5, 0.6) is 51.7 Å². The number of nitrogens with two attached hydrogens (primary N) is 1. The molecule has 0 aromatic heterocycles. The number of rotatable bonds is 31. The van der Waals surface area contributed by atoms with Crippen molar-refractivity contribution in [3.63, 3.8) is 0 Å². The number of carboxylic acids is 1. The molecule has 3 fully saturated rings. The average Bonchev–Trinajstić information content (AvgIpc) is 1.65. The van der Waals surface area contributed by atoms with Gasteiger partial charge in [-0.2, -0.15) is 39.5 Å². The van der Waals surface area contributed by atoms with E-state index < -0.39 is 69.9 Å². The fraction of sp³-hybridized carbons (Fsp3) is 0.417. The summed E-state index contributed by atoms with van der Waals surface area (Å²) in [5.41, 5.74) is 8.75. The van der Waals surface area contributed by atoms with Crippen LogP contribution in [0.1, 0.15) is 140 Å². The number of methoxy groups -OCH3 is 8. The van der Waals surface area contributed by atoms with Gasteiger partial charge < -0.3 is 93.8 Å². The van der Waals surface area contributed by atoms with Gasteiger partial charge in [0.2, 0.25) is 5.91 Å². The quantitative estimate of drug-likeness (QED) is 0.0103. The number of amides is 3. The number of nitrogens with zero attached hydrogens (tertiary/aromatic N) is 4. The number of esters is 2. The number of carbonyl (C=O) groups excluding carboxylic acids is 5. The number of alkyl halides is 10. The van der Waals surface area contributed by atoms with E-state index in [1.54, 1.807) is 135 Å². The molecule has 3 aliphatic heterocycles. The molecule has 768 valence electrons. The molecule has 0 spiro atoms. The number of hydrogen-bond donors (Lipinski definition) is 4. The van der Waals surface area contributed by atoms with Gasteiger partial charge in [-0.3, -0.25) is 33.7 Å². The molecule has 143 heavy (non-hydrogen) atoms. The van der Waals surface area contributed by atoms with Crippen LogP contribution < -0.4 is 92.6 Å². The van der Waals surface area contributed by atoms with Crippen LogP contribution in [0.3, 0.4) is 0 Å². The van der Waals surface area contributed by atoms with Crippen molar-refractivity contribution in [3.8, 4) is 51.7 Å². The zero-order chi connectivity index (χ0) is 103. The molecule has 6 N–H and O–H groups in total. The Bertz CT molecular complexity index is 5840. The summed E-state index contributed by atoms with van der Waals surface area (Å²) in [5.74, 6) is 0.303. The molecule has 9 aromatic rings. The van der Waals surface area contributed by atoms with E-state index in [9.17, 15) is 68.3 Å². The predicted molar refractivity (Wildman–Crippen MR) is 526 cm³/mol. The zero-order valence-electron chi connectivity index (χ0n) is 81.4. The first kappa shape index (κ1) is 115. The van der Waals surface area contributed by atoms with Crippen molar-refractivity contribution in [2.24, 2.45) is 35.5 Å². The largest absolute Gasteiger partial charge is 1.00 e. The van der Waals surface area contributed by atoms with Crippen LogP contribution in [0.2, 0.25) is 15.1 Å². The standard InChI is InChI=1S/C32H32ClF3N2O6.C31H30ClF3N2O6.C18H14BrClF3NO2.C14H19NO4.C8H19N.Li.H2O/c1-41-24-13-23(14-25(15-24)44-17-18-10-21(11-18)31(40)43-3)37-29(19-4-6-22(33)7-5-19)30(39)38-9-8-20-12-28(42-2)26(16-27(20)38)32(34,35)36;1-41-23-12-22(13-24(14-23)43-16-17-9-20(10-17)30(39)40)36-28(18-3-5-21(32)6-4-18)29(38)37-8-7-19-11-27(42-2)25(15-26(19)37)31(33,34)35;1-26-15-8-11-6-7-24(14(11)9-13(15)18(21,22)23)17(25)16(19)10-2-4-12(20)5-3-10;1-17-12-5-11(15)6-13(7-12)19-8-9-3-10(4-9)14(16)18-2;1-6-9(7(2)3)8(4)5;;/h4-7,12-16,18,21,29,37H,8-11,17H2,1-3H3;3-6,11-15,17,20,28,36H,7-10,16H2,1-2H3,(H,39,40);2-5,8-9,16H,6-7H2,1H3;5-7,9-10H,3-4,8,15H2,1-2H3;7-8H,6H2,1-5H3;;1H2/q;;;;;+1;/p-1. The maximum atomic E-state index is 14.1. The third-order valence-electron chi connectivity index (χ3n) is 25.1. The van der Waals surface area contributed by atoms with Gasteiger partial charge in [-0.1, -0.05) is 94.1 Å². The van der Waals surface area contributed by atoms with Crippen molar-refractivity contribution in [1.29, 1.82) is 0 Å². The first-order valence-electron chi connectivity index (χ1n) is 45.5. The molecule has 0 bridgehead atoms. The van der Waals surface area contributed by atoms with Crippen LogP contribution >= 0.6 is 50.7 Å². The van der Waals surface area contributed by atoms with Crippen molar-refractivity contribution in [2.75, 3.05) is 134 Å². The van der Waals surface area contributed by atoms with Crippen molar-refractivity contribution in [3.05, 3.63) is 229 Å². The summed E-state index contributed by atoms with van der Waals surface area (Å²) in [7, 11) is 10.9. The zero-order valence-corrected chi connectivity index (χ0v) is 85.2. The Balaban J connectivity index is 0.000000214. The van der Waals surface area contributed by atoms with Crippen molar-refractivity contribution >= 4 is 120 Å². The van der Waals surface area contributed by atoms with Gasteiger partial charge >= 0.3 is 55.3 Å². The molecule has 3 saturated carbocycles. The molecular formula is C103H115BrCl3F9LiN7O19. The molecule has 3 heterocycles. The van der Waals surface area contributed by atoms with E-state index >= 15 is 0 Å². The van der Waals surface area contributed by atoms with Gasteiger partial charge in [-0.05, 0) is 216 Å². The van der Waals surface area contributed by atoms with E-state index in [-0.39, 0.29) is 119 Å². The second-order valence-electron chi connectivity index (χ2n) is 35.1. The Labute approximate surface area is 859 Å². The van der Waals surface area contributed by atoms with Gasteiger partial charge in [0.1, 0.15) is 68.7 Å². The number of nitrogens with one attached hydrogen (secondary N) is 2. The molecule has 0 saturated heterocycles. The minimum absolute atomic E-state index is 0. The van der Waals surface area contributed by atoms with E-state index in [1.165, 1.54) is 82.7 Å². The Morgan fingerprint density at radius 3 is 0.993 bits per heavy atom. The molecule has 9 aromatic carbocycles. The fourth-order valence-electron chi connectivity index (χ4n) is 17.6. The molecule has 3 unspecified atom stereocenters. The topological polar surface area (TPSA) is 317 Å². The van der Waals surface area contributed by atoms with Gasteiger partial charge in [-0.25, -0.2) is 0 Å². The normalized spacial score (nSPS) is 17.4. The van der Waals surface area contributed by atoms with Crippen molar-refractivity contribution in [2.45, 2.75) is 140 Å². The minimum Gasteiger partial charge on any atom is -0.870 e. The molecule has 6 aliphatic rings. The maximum Gasteiger partial charge on any atom is 1.00 e. The molecule has 3 amide bonds. The second-order valence-corrected chi connectivity index (χ2v) is 37.3. The third-order valence-corrected chi connectivity index (χ3v) is 26.8.